The van der Waals surface area contributed by atoms with Crippen LogP contribution in [0.25, 0.3) is 27.8 Å². The van der Waals surface area contributed by atoms with Crippen LogP contribution in [0, 0.1) is 6.92 Å². The summed E-state index contributed by atoms with van der Waals surface area (Å²) in [5, 5.41) is 14.3. The number of aryl methyl sites for hydroxylation is 1. The maximum Gasteiger partial charge on any atom is 0.186 e. The molecule has 0 saturated heterocycles. The van der Waals surface area contributed by atoms with Crippen molar-refractivity contribution in [2.75, 3.05) is 5.32 Å². The average molecular weight is 420 g/mol. The molecule has 0 atom stereocenters. The number of benzene rings is 2. The van der Waals surface area contributed by atoms with E-state index in [2.05, 4.69) is 40.8 Å². The molecule has 154 valence electrons. The predicted molar refractivity (Wildman–Crippen MR) is 123 cm³/mol. The van der Waals surface area contributed by atoms with Crippen LogP contribution >= 0.6 is 11.6 Å². The van der Waals surface area contributed by atoms with E-state index in [1.54, 1.807) is 0 Å². The monoisotopic (exact) mass is 419 g/mol. The summed E-state index contributed by atoms with van der Waals surface area (Å²) in [6.07, 6.45) is 8.89. The van der Waals surface area contributed by atoms with Crippen molar-refractivity contribution in [1.82, 2.24) is 19.8 Å². The maximum absolute atomic E-state index is 6.35. The van der Waals surface area contributed by atoms with E-state index >= 15 is 0 Å². The lowest BCUT2D eigenvalue weighted by Gasteiger charge is -2.22. The molecule has 0 unspecified atom stereocenters. The SMILES string of the molecule is Cc1cccc(-c2nnn3c2nc(NC2CCCCCCC2)c2cc(Cl)ccc23)c1. The Morgan fingerprint density at radius 1 is 1.00 bits per heavy atom. The summed E-state index contributed by atoms with van der Waals surface area (Å²) < 4.78 is 1.83. The lowest BCUT2D eigenvalue weighted by molar-refractivity contribution is 0.471. The fraction of sp³-hybridized carbons (Fsp3) is 0.375. The number of fused-ring (bicyclic) bond motifs is 3. The van der Waals surface area contributed by atoms with E-state index in [0.29, 0.717) is 11.1 Å². The largest absolute Gasteiger partial charge is 0.367 e. The van der Waals surface area contributed by atoms with Crippen LogP contribution in [-0.2, 0) is 0 Å². The average Bonchev–Trinajstić information content (AvgIpc) is 3.13. The van der Waals surface area contributed by atoms with Crippen molar-refractivity contribution >= 4 is 34.0 Å². The van der Waals surface area contributed by atoms with Crippen molar-refractivity contribution in [1.29, 1.82) is 0 Å². The Hall–Kier alpha value is -2.66. The Kier molecular flexibility index (Phi) is 5.30. The molecule has 5 rings (SSSR count). The molecule has 1 N–H and O–H groups in total. The first kappa shape index (κ1) is 19.3. The molecule has 0 amide bonds. The van der Waals surface area contributed by atoms with Crippen LogP contribution in [0.3, 0.4) is 0 Å². The predicted octanol–water partition coefficient (Wildman–Crippen LogP) is 6.43. The van der Waals surface area contributed by atoms with Gasteiger partial charge >= 0.3 is 0 Å². The second-order valence-corrected chi connectivity index (χ2v) is 8.79. The molecule has 2 heterocycles. The van der Waals surface area contributed by atoms with E-state index in [1.807, 2.05) is 28.8 Å². The number of hydrogen-bond acceptors (Lipinski definition) is 4. The normalized spacial score (nSPS) is 15.9. The Morgan fingerprint density at radius 3 is 2.60 bits per heavy atom. The summed E-state index contributed by atoms with van der Waals surface area (Å²) in [7, 11) is 0. The smallest absolute Gasteiger partial charge is 0.186 e. The van der Waals surface area contributed by atoms with Gasteiger partial charge in [-0.3, -0.25) is 0 Å². The van der Waals surface area contributed by atoms with E-state index in [0.717, 1.165) is 33.6 Å². The van der Waals surface area contributed by atoms with Gasteiger partial charge in [0.25, 0.3) is 0 Å². The summed E-state index contributed by atoms with van der Waals surface area (Å²) in [6.45, 7) is 2.08. The van der Waals surface area contributed by atoms with Gasteiger partial charge < -0.3 is 5.32 Å². The van der Waals surface area contributed by atoms with E-state index in [4.69, 9.17) is 16.6 Å². The molecule has 1 aliphatic rings. The fourth-order valence-electron chi connectivity index (χ4n) is 4.47. The molecule has 0 aliphatic heterocycles. The number of halogens is 1. The van der Waals surface area contributed by atoms with E-state index < -0.39 is 0 Å². The van der Waals surface area contributed by atoms with Crippen molar-refractivity contribution in [3.05, 3.63) is 53.1 Å². The lowest BCUT2D eigenvalue weighted by atomic mass is 9.96. The van der Waals surface area contributed by atoms with Crippen molar-refractivity contribution in [3.8, 4) is 11.3 Å². The van der Waals surface area contributed by atoms with Gasteiger partial charge in [0.15, 0.2) is 5.65 Å². The fourth-order valence-corrected chi connectivity index (χ4v) is 4.64. The molecule has 2 aromatic carbocycles. The molecule has 30 heavy (non-hydrogen) atoms. The van der Waals surface area contributed by atoms with Crippen LogP contribution in [0.1, 0.15) is 50.5 Å². The lowest BCUT2D eigenvalue weighted by Crippen LogP contribution is -2.21. The number of rotatable bonds is 3. The highest BCUT2D eigenvalue weighted by Gasteiger charge is 2.19. The molecule has 1 aliphatic carbocycles. The third-order valence-electron chi connectivity index (χ3n) is 6.04. The first-order valence-electron chi connectivity index (χ1n) is 10.9. The topological polar surface area (TPSA) is 55.1 Å². The number of nitrogens with one attached hydrogen (secondary N) is 1. The summed E-state index contributed by atoms with van der Waals surface area (Å²) in [4.78, 5) is 5.03. The molecule has 2 aromatic heterocycles. The van der Waals surface area contributed by atoms with Gasteiger partial charge in [-0.15, -0.1) is 5.10 Å². The summed E-state index contributed by atoms with van der Waals surface area (Å²) in [5.74, 6) is 0.877. The number of anilines is 1. The van der Waals surface area contributed by atoms with Gasteiger partial charge in [-0.1, -0.05) is 72.7 Å². The van der Waals surface area contributed by atoms with Gasteiger partial charge in [0.05, 0.1) is 5.52 Å². The van der Waals surface area contributed by atoms with Crippen LogP contribution in [0.15, 0.2) is 42.5 Å². The van der Waals surface area contributed by atoms with E-state index in [9.17, 15) is 0 Å². The Balaban J connectivity index is 1.65. The van der Waals surface area contributed by atoms with E-state index in [1.165, 1.54) is 50.5 Å². The second kappa shape index (κ2) is 8.23. The zero-order chi connectivity index (χ0) is 20.5. The van der Waals surface area contributed by atoms with Crippen LogP contribution in [-0.4, -0.2) is 25.9 Å². The Bertz CT molecular complexity index is 1190. The maximum atomic E-state index is 6.35. The number of hydrogen-bond donors (Lipinski definition) is 1. The third-order valence-corrected chi connectivity index (χ3v) is 6.28. The van der Waals surface area contributed by atoms with Crippen molar-refractivity contribution in [2.24, 2.45) is 0 Å². The molecule has 6 heteroatoms. The highest BCUT2D eigenvalue weighted by Crippen LogP contribution is 2.31. The molecule has 4 aromatic rings. The third kappa shape index (κ3) is 3.74. The van der Waals surface area contributed by atoms with Crippen LogP contribution in [0.5, 0.6) is 0 Å². The van der Waals surface area contributed by atoms with Crippen LogP contribution < -0.4 is 5.32 Å². The minimum absolute atomic E-state index is 0.431. The molecule has 0 spiro atoms. The molecule has 1 saturated carbocycles. The summed E-state index contributed by atoms with van der Waals surface area (Å²) in [5.41, 5.74) is 4.75. The standard InChI is InChI=1S/C24H26ClN5/c1-16-8-7-9-17(14-16)22-24-27-23(26-19-10-5-3-2-4-6-11-19)20-15-18(25)12-13-21(20)30(24)29-28-22/h7-9,12-15,19H,2-6,10-11H2,1H3,(H,26,27). The van der Waals surface area contributed by atoms with Gasteiger partial charge in [0.2, 0.25) is 0 Å². The van der Waals surface area contributed by atoms with Crippen molar-refractivity contribution in [2.45, 2.75) is 57.9 Å². The van der Waals surface area contributed by atoms with Gasteiger partial charge in [-0.2, -0.15) is 4.52 Å². The van der Waals surface area contributed by atoms with Crippen LogP contribution in [0.2, 0.25) is 5.02 Å². The zero-order valence-electron chi connectivity index (χ0n) is 17.2. The minimum atomic E-state index is 0.431. The Morgan fingerprint density at radius 2 is 1.80 bits per heavy atom. The van der Waals surface area contributed by atoms with Gasteiger partial charge in [-0.25, -0.2) is 4.98 Å². The zero-order valence-corrected chi connectivity index (χ0v) is 18.0. The molecule has 1 fully saturated rings. The second-order valence-electron chi connectivity index (χ2n) is 8.35. The molecular weight excluding hydrogens is 394 g/mol. The van der Waals surface area contributed by atoms with Crippen molar-refractivity contribution < 1.29 is 0 Å². The quantitative estimate of drug-likeness (QED) is 0.415. The van der Waals surface area contributed by atoms with E-state index in [-0.39, 0.29) is 0 Å². The van der Waals surface area contributed by atoms with Gasteiger partial charge in [0, 0.05) is 22.0 Å². The molecular formula is C24H26ClN5. The van der Waals surface area contributed by atoms with Crippen LogP contribution in [0.4, 0.5) is 5.82 Å². The Labute approximate surface area is 181 Å². The van der Waals surface area contributed by atoms with Gasteiger partial charge in [0.1, 0.15) is 11.5 Å². The number of aromatic nitrogens is 4. The highest BCUT2D eigenvalue weighted by molar-refractivity contribution is 6.31. The molecule has 0 radical (unpaired) electrons. The minimum Gasteiger partial charge on any atom is -0.367 e. The number of nitrogens with zero attached hydrogens (tertiary/aromatic N) is 4. The first-order valence-corrected chi connectivity index (χ1v) is 11.2. The first-order chi connectivity index (χ1) is 14.7. The summed E-state index contributed by atoms with van der Waals surface area (Å²) in [6, 6.07) is 14.6. The molecule has 0 bridgehead atoms. The molecule has 5 nitrogen and oxygen atoms in total. The van der Waals surface area contributed by atoms with Gasteiger partial charge in [-0.05, 0) is 44.0 Å². The summed E-state index contributed by atoms with van der Waals surface area (Å²) >= 11 is 6.35. The van der Waals surface area contributed by atoms with Crippen molar-refractivity contribution in [3.63, 3.8) is 0 Å². The highest BCUT2D eigenvalue weighted by atomic mass is 35.5.